The first-order valence-corrected chi connectivity index (χ1v) is 10.4. The minimum Gasteiger partial charge on any atom is -0.497 e. The van der Waals surface area contributed by atoms with Crippen LogP contribution in [0.3, 0.4) is 0 Å². The first-order chi connectivity index (χ1) is 15.7. The highest BCUT2D eigenvalue weighted by molar-refractivity contribution is 7.10. The van der Waals surface area contributed by atoms with E-state index in [0.29, 0.717) is 5.75 Å². The molecular weight excluding hydrogens is 461 g/mol. The van der Waals surface area contributed by atoms with Crippen molar-refractivity contribution < 1.29 is 36.6 Å². The number of ether oxygens (including phenoxy) is 3. The average Bonchev–Trinajstić information content (AvgIpc) is 3.28. The Labute approximate surface area is 188 Å². The van der Waals surface area contributed by atoms with Crippen LogP contribution in [-0.2, 0) is 17.4 Å². The van der Waals surface area contributed by atoms with Crippen LogP contribution in [0, 0.1) is 0 Å². The highest BCUT2D eigenvalue weighted by atomic mass is 32.1. The van der Waals surface area contributed by atoms with Crippen molar-refractivity contribution in [3.63, 3.8) is 0 Å². The molecule has 0 aliphatic rings. The lowest BCUT2D eigenvalue weighted by molar-refractivity contribution is -0.154. The van der Waals surface area contributed by atoms with E-state index in [4.69, 9.17) is 18.6 Å². The van der Waals surface area contributed by atoms with Crippen LogP contribution in [0.5, 0.6) is 23.0 Å². The van der Waals surface area contributed by atoms with Crippen LogP contribution in [0.4, 0.5) is 13.2 Å². The third kappa shape index (κ3) is 5.01. The maximum atomic E-state index is 13.7. The highest BCUT2D eigenvalue weighted by Crippen LogP contribution is 2.38. The van der Waals surface area contributed by atoms with Gasteiger partial charge in [0.15, 0.2) is 0 Å². The van der Waals surface area contributed by atoms with E-state index in [0.717, 1.165) is 10.9 Å². The van der Waals surface area contributed by atoms with Crippen LogP contribution in [0.2, 0.25) is 0 Å². The van der Waals surface area contributed by atoms with Crippen molar-refractivity contribution in [1.82, 2.24) is 0 Å². The van der Waals surface area contributed by atoms with E-state index in [2.05, 4.69) is 0 Å². The summed E-state index contributed by atoms with van der Waals surface area (Å²) in [6.07, 6.45) is -5.01. The van der Waals surface area contributed by atoms with Crippen LogP contribution in [0.1, 0.15) is 10.6 Å². The number of methoxy groups -OCH3 is 1. The van der Waals surface area contributed by atoms with E-state index >= 15 is 0 Å². The zero-order valence-electron chi connectivity index (χ0n) is 17.0. The third-order valence-corrected chi connectivity index (χ3v) is 5.37. The zero-order valence-corrected chi connectivity index (χ0v) is 17.8. The minimum atomic E-state index is -5.01. The molecule has 0 unspecified atom stereocenters. The number of hydrogen-bond acceptors (Lipinski definition) is 7. The molecule has 10 heteroatoms. The van der Waals surface area contributed by atoms with Gasteiger partial charge in [0.25, 0.3) is 5.76 Å². The molecule has 0 aliphatic carbocycles. The van der Waals surface area contributed by atoms with Gasteiger partial charge in [0.1, 0.15) is 22.8 Å². The minimum absolute atomic E-state index is 0.00208. The molecule has 0 fully saturated rings. The molecule has 2 heterocycles. The number of carbonyl (C=O) groups excluding carboxylic acids is 1. The number of benzene rings is 2. The number of carbonyl (C=O) groups is 1. The fourth-order valence-electron chi connectivity index (χ4n) is 2.98. The summed E-state index contributed by atoms with van der Waals surface area (Å²) in [5.41, 5.74) is -1.41. The lowest BCUT2D eigenvalue weighted by atomic mass is 10.2. The third-order valence-electron chi connectivity index (χ3n) is 4.49. The lowest BCUT2D eigenvalue weighted by Gasteiger charge is -2.14. The van der Waals surface area contributed by atoms with Crippen LogP contribution in [-0.4, -0.2) is 13.1 Å². The largest absolute Gasteiger partial charge is 0.497 e. The van der Waals surface area contributed by atoms with Crippen molar-refractivity contribution >= 4 is 28.3 Å². The van der Waals surface area contributed by atoms with Gasteiger partial charge in [-0.3, -0.25) is 9.59 Å². The number of hydrogen-bond donors (Lipinski definition) is 0. The second-order valence-electron chi connectivity index (χ2n) is 6.75. The first kappa shape index (κ1) is 22.4. The molecular formula is C23H15F3O6S. The molecule has 2 aromatic carbocycles. The number of thiophene rings is 1. The highest BCUT2D eigenvalue weighted by Gasteiger charge is 2.40. The second kappa shape index (κ2) is 8.99. The van der Waals surface area contributed by atoms with E-state index in [1.807, 2.05) is 0 Å². The number of halogens is 3. The van der Waals surface area contributed by atoms with E-state index in [1.165, 1.54) is 54.8 Å². The summed E-state index contributed by atoms with van der Waals surface area (Å²) in [5.74, 6) is -2.79. The molecule has 4 aromatic rings. The van der Waals surface area contributed by atoms with Crippen molar-refractivity contribution in [2.24, 2.45) is 0 Å². The summed E-state index contributed by atoms with van der Waals surface area (Å²) in [7, 11) is 1.43. The van der Waals surface area contributed by atoms with Gasteiger partial charge in [-0.25, -0.2) is 0 Å². The van der Waals surface area contributed by atoms with Gasteiger partial charge in [0.05, 0.1) is 18.9 Å². The van der Waals surface area contributed by atoms with Gasteiger partial charge in [-0.2, -0.15) is 13.2 Å². The van der Waals surface area contributed by atoms with Crippen LogP contribution >= 0.6 is 11.3 Å². The van der Waals surface area contributed by atoms with Crippen molar-refractivity contribution in [3.05, 3.63) is 80.8 Å². The van der Waals surface area contributed by atoms with Gasteiger partial charge >= 0.3 is 12.1 Å². The monoisotopic (exact) mass is 476 g/mol. The predicted octanol–water partition coefficient (Wildman–Crippen LogP) is 5.82. The Kier molecular flexibility index (Phi) is 6.10. The Balaban J connectivity index is 1.70. The van der Waals surface area contributed by atoms with Crippen LogP contribution < -0.4 is 19.6 Å². The molecule has 0 saturated carbocycles. The average molecular weight is 476 g/mol. The molecule has 0 N–H and O–H groups in total. The summed E-state index contributed by atoms with van der Waals surface area (Å²) >= 11 is 1.37. The molecule has 0 radical (unpaired) electrons. The van der Waals surface area contributed by atoms with E-state index in [9.17, 15) is 22.8 Å². The summed E-state index contributed by atoms with van der Waals surface area (Å²) < 4.78 is 61.5. The number of rotatable bonds is 6. The predicted molar refractivity (Wildman–Crippen MR) is 114 cm³/mol. The van der Waals surface area contributed by atoms with Crippen molar-refractivity contribution in [1.29, 1.82) is 0 Å². The normalized spacial score (nSPS) is 11.4. The van der Waals surface area contributed by atoms with E-state index < -0.39 is 34.7 Å². The van der Waals surface area contributed by atoms with Gasteiger partial charge in [0, 0.05) is 10.9 Å². The molecule has 0 atom stereocenters. The van der Waals surface area contributed by atoms with Gasteiger partial charge < -0.3 is 18.6 Å². The standard InChI is InChI=1S/C23H15F3O6S/c1-29-13-4-6-14(7-5-13)31-21-20(28)17-9-8-15(11-18(17)32-22(21)23(24,25)26)30-19(27)12-16-3-2-10-33-16/h2-11H,12H2,1H3. The van der Waals surface area contributed by atoms with Gasteiger partial charge in [0.2, 0.25) is 11.2 Å². The Morgan fingerprint density at radius 1 is 1.03 bits per heavy atom. The van der Waals surface area contributed by atoms with Crippen molar-refractivity contribution in [3.8, 4) is 23.0 Å². The van der Waals surface area contributed by atoms with E-state index in [1.54, 1.807) is 17.5 Å². The Morgan fingerprint density at radius 3 is 2.36 bits per heavy atom. The van der Waals surface area contributed by atoms with Gasteiger partial charge in [-0.15, -0.1) is 11.3 Å². The Morgan fingerprint density at radius 2 is 1.73 bits per heavy atom. The van der Waals surface area contributed by atoms with Gasteiger partial charge in [-0.05, 0) is 47.8 Å². The molecule has 33 heavy (non-hydrogen) atoms. The summed E-state index contributed by atoms with van der Waals surface area (Å²) in [6, 6.07) is 12.8. The lowest BCUT2D eigenvalue weighted by Crippen LogP contribution is -2.16. The van der Waals surface area contributed by atoms with E-state index in [-0.39, 0.29) is 23.3 Å². The molecule has 0 amide bonds. The van der Waals surface area contributed by atoms with Crippen molar-refractivity contribution in [2.45, 2.75) is 12.6 Å². The molecule has 0 spiro atoms. The zero-order chi connectivity index (χ0) is 23.6. The maximum Gasteiger partial charge on any atom is 0.453 e. The van der Waals surface area contributed by atoms with Crippen LogP contribution in [0.15, 0.2) is 69.2 Å². The molecule has 6 nitrogen and oxygen atoms in total. The number of fused-ring (bicyclic) bond motifs is 1. The number of alkyl halides is 3. The molecule has 2 aromatic heterocycles. The SMILES string of the molecule is COc1ccc(Oc2c(C(F)(F)F)oc3cc(OC(=O)Cc4cccs4)ccc3c2=O)cc1. The molecule has 170 valence electrons. The Bertz CT molecular complexity index is 1340. The molecule has 0 saturated heterocycles. The molecule has 0 aliphatic heterocycles. The number of esters is 1. The summed E-state index contributed by atoms with van der Waals surface area (Å²) in [5, 5.41) is 1.64. The molecule has 0 bridgehead atoms. The smallest absolute Gasteiger partial charge is 0.453 e. The molecule has 4 rings (SSSR count). The summed E-state index contributed by atoms with van der Waals surface area (Å²) in [6.45, 7) is 0. The van der Waals surface area contributed by atoms with Gasteiger partial charge in [-0.1, -0.05) is 6.07 Å². The van der Waals surface area contributed by atoms with Crippen LogP contribution in [0.25, 0.3) is 11.0 Å². The maximum absolute atomic E-state index is 13.7. The fraction of sp³-hybridized carbons (Fsp3) is 0.130. The second-order valence-corrected chi connectivity index (χ2v) is 7.79. The fourth-order valence-corrected chi connectivity index (χ4v) is 3.67. The summed E-state index contributed by atoms with van der Waals surface area (Å²) in [4.78, 5) is 25.7. The first-order valence-electron chi connectivity index (χ1n) is 9.47. The topological polar surface area (TPSA) is 75.0 Å². The Hall–Kier alpha value is -3.79. The quantitative estimate of drug-likeness (QED) is 0.258. The van der Waals surface area contributed by atoms with Crippen molar-refractivity contribution in [2.75, 3.05) is 7.11 Å².